The van der Waals surface area contributed by atoms with E-state index in [1.165, 1.54) is 4.90 Å². The maximum atomic E-state index is 12.7. The van der Waals surface area contributed by atoms with Crippen LogP contribution in [0.5, 0.6) is 0 Å². The van der Waals surface area contributed by atoms with Crippen molar-refractivity contribution in [2.24, 2.45) is 11.3 Å². The molecule has 1 spiro atoms. The van der Waals surface area contributed by atoms with Gasteiger partial charge in [0.2, 0.25) is 5.91 Å². The van der Waals surface area contributed by atoms with Crippen LogP contribution in [0.25, 0.3) is 0 Å². The molecule has 1 aromatic heterocycles. The number of nitrogens with zero attached hydrogens (tertiary/aromatic N) is 1. The van der Waals surface area contributed by atoms with Crippen LogP contribution >= 0.6 is 11.8 Å². The first-order valence-electron chi connectivity index (χ1n) is 10.7. The van der Waals surface area contributed by atoms with Crippen LogP contribution in [-0.4, -0.2) is 36.7 Å². The first-order valence-corrected chi connectivity index (χ1v) is 12.0. The van der Waals surface area contributed by atoms with Crippen LogP contribution in [0.3, 0.4) is 0 Å². The van der Waals surface area contributed by atoms with Crippen LogP contribution in [0, 0.1) is 18.3 Å². The van der Waals surface area contributed by atoms with E-state index in [1.807, 2.05) is 25.1 Å². The highest BCUT2D eigenvalue weighted by molar-refractivity contribution is 7.98. The van der Waals surface area contributed by atoms with Gasteiger partial charge in [0.1, 0.15) is 11.5 Å². The number of furan rings is 1. The van der Waals surface area contributed by atoms with E-state index in [2.05, 4.69) is 41.6 Å². The van der Waals surface area contributed by atoms with E-state index in [-0.39, 0.29) is 17.2 Å². The van der Waals surface area contributed by atoms with Crippen LogP contribution in [0.4, 0.5) is 5.69 Å². The topological polar surface area (TPSA) is 45.5 Å². The van der Waals surface area contributed by atoms with Gasteiger partial charge < -0.3 is 14.6 Å². The summed E-state index contributed by atoms with van der Waals surface area (Å²) in [6.07, 6.45) is 6.52. The largest absolute Gasteiger partial charge is 0.466 e. The summed E-state index contributed by atoms with van der Waals surface area (Å²) >= 11 is 1.72. The van der Waals surface area contributed by atoms with Crippen LogP contribution in [0.15, 0.2) is 45.7 Å². The lowest BCUT2D eigenvalue weighted by molar-refractivity contribution is -0.118. The van der Waals surface area contributed by atoms with Gasteiger partial charge >= 0.3 is 0 Å². The zero-order chi connectivity index (χ0) is 20.4. The van der Waals surface area contributed by atoms with Crippen molar-refractivity contribution in [1.82, 2.24) is 4.90 Å². The Morgan fingerprint density at radius 1 is 1.24 bits per heavy atom. The lowest BCUT2D eigenvalue weighted by atomic mass is 9.90. The quantitative estimate of drug-likeness (QED) is 0.606. The number of nitrogens with one attached hydrogen (secondary N) is 1. The summed E-state index contributed by atoms with van der Waals surface area (Å²) in [5.74, 6) is 2.94. The zero-order valence-corrected chi connectivity index (χ0v) is 18.6. The zero-order valence-electron chi connectivity index (χ0n) is 17.7. The predicted octanol–water partition coefficient (Wildman–Crippen LogP) is 5.54. The number of aryl methyl sites for hydroxylation is 1. The van der Waals surface area contributed by atoms with Gasteiger partial charge in [0.05, 0.1) is 0 Å². The van der Waals surface area contributed by atoms with Gasteiger partial charge in [-0.1, -0.05) is 6.92 Å². The maximum Gasteiger partial charge on any atom is 0.228 e. The minimum Gasteiger partial charge on any atom is -0.466 e. The lowest BCUT2D eigenvalue weighted by Crippen LogP contribution is -2.37. The second-order valence-electron chi connectivity index (χ2n) is 8.82. The molecule has 2 heterocycles. The van der Waals surface area contributed by atoms with Crippen LogP contribution in [0.2, 0.25) is 0 Å². The SMILES string of the molecule is CSc1ccc(NC(=O)C2CC23CCN(CCC(C)c2ccc(C)o2)CC3)cc1. The Balaban J connectivity index is 1.22. The Morgan fingerprint density at radius 2 is 1.97 bits per heavy atom. The first kappa shape index (κ1) is 20.5. The molecule has 1 aliphatic heterocycles. The molecular weight excluding hydrogens is 380 g/mol. The summed E-state index contributed by atoms with van der Waals surface area (Å²) in [5.41, 5.74) is 1.17. The fraction of sp³-hybridized carbons (Fsp3) is 0.542. The molecule has 0 radical (unpaired) electrons. The molecule has 5 heteroatoms. The molecule has 1 amide bonds. The normalized spacial score (nSPS) is 21.8. The summed E-state index contributed by atoms with van der Waals surface area (Å²) in [4.78, 5) is 16.5. The summed E-state index contributed by atoms with van der Waals surface area (Å²) in [5, 5.41) is 3.13. The van der Waals surface area contributed by atoms with Gasteiger partial charge in [-0.25, -0.2) is 0 Å². The molecule has 1 saturated heterocycles. The molecule has 2 unspecified atom stereocenters. The van der Waals surface area contributed by atoms with Crippen molar-refractivity contribution in [1.29, 1.82) is 0 Å². The second kappa shape index (κ2) is 8.57. The fourth-order valence-corrected chi connectivity index (χ4v) is 5.04. The number of thioether (sulfide) groups is 1. The van der Waals surface area contributed by atoms with Gasteiger partial charge in [-0.2, -0.15) is 0 Å². The number of rotatable bonds is 7. The molecule has 2 aromatic rings. The van der Waals surface area contributed by atoms with E-state index in [9.17, 15) is 4.79 Å². The van der Waals surface area contributed by atoms with Crippen molar-refractivity contribution >= 4 is 23.4 Å². The standard InChI is InChI=1S/C24H32N2O2S/c1-17(22-9-4-18(2)28-22)10-13-26-14-11-24(12-15-26)16-21(24)23(27)25-19-5-7-20(29-3)8-6-19/h4-9,17,21H,10-16H2,1-3H3,(H,25,27). The van der Waals surface area contributed by atoms with E-state index in [0.717, 1.165) is 62.5 Å². The number of amides is 1. The molecule has 1 aliphatic carbocycles. The summed E-state index contributed by atoms with van der Waals surface area (Å²) in [6, 6.07) is 12.3. The van der Waals surface area contributed by atoms with Gasteiger partial charge in [0.15, 0.2) is 0 Å². The number of hydrogen-bond acceptors (Lipinski definition) is 4. The number of hydrogen-bond donors (Lipinski definition) is 1. The smallest absolute Gasteiger partial charge is 0.228 e. The third-order valence-corrected chi connectivity index (χ3v) is 7.58. The average molecular weight is 413 g/mol. The van der Waals surface area contributed by atoms with E-state index < -0.39 is 0 Å². The van der Waals surface area contributed by atoms with E-state index in [4.69, 9.17) is 4.42 Å². The van der Waals surface area contributed by atoms with Gasteiger partial charge in [0, 0.05) is 22.4 Å². The number of likely N-dealkylation sites (tertiary alicyclic amines) is 1. The average Bonchev–Trinajstić information content (AvgIpc) is 3.26. The van der Waals surface area contributed by atoms with Gasteiger partial charge in [-0.15, -0.1) is 11.8 Å². The highest BCUT2D eigenvalue weighted by atomic mass is 32.2. The van der Waals surface area contributed by atoms with Crippen molar-refractivity contribution in [3.8, 4) is 0 Å². The van der Waals surface area contributed by atoms with Gasteiger partial charge in [-0.3, -0.25) is 4.79 Å². The Hall–Kier alpha value is -1.72. The van der Waals surface area contributed by atoms with Crippen molar-refractivity contribution in [3.05, 3.63) is 47.9 Å². The molecule has 0 bridgehead atoms. The Labute approximate surface area is 178 Å². The molecule has 2 aliphatic rings. The Kier molecular flexibility index (Phi) is 6.07. The van der Waals surface area contributed by atoms with E-state index >= 15 is 0 Å². The monoisotopic (exact) mass is 412 g/mol. The molecule has 4 rings (SSSR count). The van der Waals surface area contributed by atoms with Gasteiger partial charge in [0.25, 0.3) is 0 Å². The lowest BCUT2D eigenvalue weighted by Gasteiger charge is -2.33. The first-order chi connectivity index (χ1) is 14.0. The third kappa shape index (κ3) is 4.72. The molecule has 2 fully saturated rings. The second-order valence-corrected chi connectivity index (χ2v) is 9.70. The summed E-state index contributed by atoms with van der Waals surface area (Å²) in [7, 11) is 0. The van der Waals surface area contributed by atoms with Crippen LogP contribution in [-0.2, 0) is 4.79 Å². The summed E-state index contributed by atoms with van der Waals surface area (Å²) in [6.45, 7) is 7.57. The molecule has 1 N–H and O–H groups in total. The van der Waals surface area contributed by atoms with E-state index in [0.29, 0.717) is 5.92 Å². The Morgan fingerprint density at radius 3 is 2.59 bits per heavy atom. The number of piperidine rings is 1. The van der Waals surface area contributed by atoms with Crippen LogP contribution < -0.4 is 5.32 Å². The number of carbonyl (C=O) groups is 1. The molecule has 29 heavy (non-hydrogen) atoms. The molecule has 1 aromatic carbocycles. The van der Waals surface area contributed by atoms with Crippen molar-refractivity contribution in [3.63, 3.8) is 0 Å². The van der Waals surface area contributed by atoms with Crippen molar-refractivity contribution in [2.75, 3.05) is 31.2 Å². The molecular formula is C24H32N2O2S. The summed E-state index contributed by atoms with van der Waals surface area (Å²) < 4.78 is 5.77. The van der Waals surface area contributed by atoms with Crippen molar-refractivity contribution in [2.45, 2.75) is 50.3 Å². The number of benzene rings is 1. The molecule has 156 valence electrons. The highest BCUT2D eigenvalue weighted by Gasteiger charge is 2.58. The van der Waals surface area contributed by atoms with Gasteiger partial charge in [-0.05, 0) is 100 Å². The fourth-order valence-electron chi connectivity index (χ4n) is 4.63. The molecule has 1 saturated carbocycles. The number of anilines is 1. The minimum atomic E-state index is 0.190. The highest BCUT2D eigenvalue weighted by Crippen LogP contribution is 2.59. The third-order valence-electron chi connectivity index (χ3n) is 6.84. The maximum absolute atomic E-state index is 12.7. The predicted molar refractivity (Wildman–Crippen MR) is 120 cm³/mol. The van der Waals surface area contributed by atoms with Crippen LogP contribution in [0.1, 0.15) is 50.0 Å². The number of carbonyl (C=O) groups excluding carboxylic acids is 1. The molecule has 4 nitrogen and oxygen atoms in total. The van der Waals surface area contributed by atoms with Crippen molar-refractivity contribution < 1.29 is 9.21 Å². The minimum absolute atomic E-state index is 0.190. The molecule has 2 atom stereocenters. The Bertz CT molecular complexity index is 837. The van der Waals surface area contributed by atoms with E-state index in [1.54, 1.807) is 11.8 Å².